The number of halogens is 4. The lowest BCUT2D eigenvalue weighted by atomic mass is 10.1. The van der Waals surface area contributed by atoms with Crippen LogP contribution in [0.15, 0.2) is 64.8 Å². The van der Waals surface area contributed by atoms with Gasteiger partial charge in [-0.25, -0.2) is 0 Å². The molecule has 1 aromatic heterocycles. The van der Waals surface area contributed by atoms with E-state index in [9.17, 15) is 18.0 Å². The summed E-state index contributed by atoms with van der Waals surface area (Å²) in [6.45, 7) is -0.671. The summed E-state index contributed by atoms with van der Waals surface area (Å²) in [4.78, 5) is 15.8. The Labute approximate surface area is 162 Å². The second-order valence-corrected chi connectivity index (χ2v) is 6.07. The van der Waals surface area contributed by atoms with Gasteiger partial charge in [-0.2, -0.15) is 18.2 Å². The zero-order chi connectivity index (χ0) is 20.3. The molecule has 0 atom stereocenters. The van der Waals surface area contributed by atoms with Crippen LogP contribution in [0.4, 0.5) is 13.2 Å². The van der Waals surface area contributed by atoms with Gasteiger partial charge in [-0.3, -0.25) is 4.79 Å². The lowest BCUT2D eigenvalue weighted by Crippen LogP contribution is -2.09. The maximum atomic E-state index is 12.9. The molecule has 0 amide bonds. The van der Waals surface area contributed by atoms with E-state index in [1.54, 1.807) is 0 Å². The van der Waals surface area contributed by atoms with Crippen LogP contribution in [0.25, 0.3) is 17.0 Å². The summed E-state index contributed by atoms with van der Waals surface area (Å²) >= 11 is 6.12. The molecule has 0 fully saturated rings. The number of benzene rings is 1. The number of allylic oxidation sites excluding steroid dienone is 8. The van der Waals surface area contributed by atoms with Crippen molar-refractivity contribution < 1.29 is 27.6 Å². The molecule has 3 rings (SSSR count). The number of carbonyl (C=O) groups excluding carboxylic acids is 1. The van der Waals surface area contributed by atoms with Gasteiger partial charge in [-0.1, -0.05) is 47.1 Å². The molecule has 1 heterocycles. The molecule has 0 saturated carbocycles. The van der Waals surface area contributed by atoms with E-state index in [4.69, 9.17) is 21.2 Å². The highest BCUT2D eigenvalue weighted by molar-refractivity contribution is 6.33. The Balaban J connectivity index is 1.98. The van der Waals surface area contributed by atoms with Crippen molar-refractivity contribution in [2.75, 3.05) is 6.61 Å². The molecule has 0 aliphatic heterocycles. The van der Waals surface area contributed by atoms with Gasteiger partial charge in [-0.05, 0) is 24.3 Å². The number of aliphatic hydroxyl groups is 1. The second kappa shape index (κ2) is 7.95. The van der Waals surface area contributed by atoms with Crippen LogP contribution in [0.2, 0.25) is 5.02 Å². The van der Waals surface area contributed by atoms with Crippen LogP contribution < -0.4 is 0 Å². The fourth-order valence-electron chi connectivity index (χ4n) is 2.35. The molecule has 144 valence electrons. The Morgan fingerprint density at radius 1 is 1.18 bits per heavy atom. The normalized spacial score (nSPS) is 14.3. The highest BCUT2D eigenvalue weighted by Gasteiger charge is 2.31. The van der Waals surface area contributed by atoms with Gasteiger partial charge < -0.3 is 9.63 Å². The van der Waals surface area contributed by atoms with Gasteiger partial charge in [0.15, 0.2) is 5.78 Å². The molecule has 0 bridgehead atoms. The van der Waals surface area contributed by atoms with E-state index in [-0.39, 0.29) is 27.9 Å². The van der Waals surface area contributed by atoms with E-state index >= 15 is 0 Å². The minimum atomic E-state index is -4.49. The summed E-state index contributed by atoms with van der Waals surface area (Å²) in [7, 11) is 0. The summed E-state index contributed by atoms with van der Waals surface area (Å²) < 4.78 is 43.9. The van der Waals surface area contributed by atoms with E-state index in [1.807, 2.05) is 0 Å². The van der Waals surface area contributed by atoms with Crippen LogP contribution >= 0.6 is 11.6 Å². The molecule has 5 nitrogen and oxygen atoms in total. The molecular weight excluding hydrogens is 397 g/mol. The van der Waals surface area contributed by atoms with Gasteiger partial charge in [-0.15, -0.1) is 0 Å². The molecule has 1 aliphatic rings. The van der Waals surface area contributed by atoms with Crippen LogP contribution in [0.3, 0.4) is 0 Å². The van der Waals surface area contributed by atoms with Crippen molar-refractivity contribution >= 4 is 23.0 Å². The average Bonchev–Trinajstić information content (AvgIpc) is 3.10. The van der Waals surface area contributed by atoms with E-state index < -0.39 is 24.1 Å². The Kier molecular flexibility index (Phi) is 5.62. The molecule has 1 aliphatic carbocycles. The van der Waals surface area contributed by atoms with Gasteiger partial charge >= 0.3 is 6.18 Å². The molecule has 28 heavy (non-hydrogen) atoms. The zero-order valence-electron chi connectivity index (χ0n) is 14.1. The fraction of sp³-hybridized carbons (Fsp3) is 0.105. The second-order valence-electron chi connectivity index (χ2n) is 5.66. The van der Waals surface area contributed by atoms with Crippen molar-refractivity contribution in [2.24, 2.45) is 0 Å². The minimum absolute atomic E-state index is 0.0143. The van der Waals surface area contributed by atoms with Gasteiger partial charge in [0.25, 0.3) is 5.89 Å². The third-order valence-corrected chi connectivity index (χ3v) is 4.11. The van der Waals surface area contributed by atoms with Gasteiger partial charge in [0.1, 0.15) is 6.61 Å². The number of hydrogen-bond acceptors (Lipinski definition) is 5. The fourth-order valence-corrected chi connectivity index (χ4v) is 2.55. The molecule has 1 aromatic carbocycles. The first kappa shape index (κ1) is 19.8. The van der Waals surface area contributed by atoms with Crippen molar-refractivity contribution in [1.29, 1.82) is 0 Å². The Morgan fingerprint density at radius 3 is 2.64 bits per heavy atom. The Hall–Kier alpha value is -2.97. The highest BCUT2D eigenvalue weighted by Crippen LogP contribution is 2.30. The minimum Gasteiger partial charge on any atom is -0.388 e. The number of carbonyl (C=O) groups is 1. The van der Waals surface area contributed by atoms with Gasteiger partial charge in [0, 0.05) is 11.1 Å². The SMILES string of the molecule is O=C(CO)c1ccc(Cl)c(-c2nc(C3=CC=C(C(F)(F)F)C=CC=C3)no2)c1. The average molecular weight is 409 g/mol. The maximum absolute atomic E-state index is 12.9. The molecule has 0 radical (unpaired) electrons. The third kappa shape index (κ3) is 4.29. The monoisotopic (exact) mass is 408 g/mol. The highest BCUT2D eigenvalue weighted by atomic mass is 35.5. The van der Waals surface area contributed by atoms with Crippen molar-refractivity contribution in [2.45, 2.75) is 6.18 Å². The molecule has 0 spiro atoms. The topological polar surface area (TPSA) is 76.2 Å². The number of nitrogens with zero attached hydrogens (tertiary/aromatic N) is 2. The van der Waals surface area contributed by atoms with Crippen LogP contribution in [0.1, 0.15) is 16.2 Å². The quantitative estimate of drug-likeness (QED) is 0.750. The van der Waals surface area contributed by atoms with Crippen molar-refractivity contribution in [1.82, 2.24) is 10.1 Å². The molecule has 2 aromatic rings. The van der Waals surface area contributed by atoms with E-state index in [2.05, 4.69) is 10.1 Å². The van der Waals surface area contributed by atoms with Crippen LogP contribution in [0, 0.1) is 0 Å². The van der Waals surface area contributed by atoms with Gasteiger partial charge in [0.05, 0.1) is 16.2 Å². The molecule has 0 unspecified atom stereocenters. The van der Waals surface area contributed by atoms with Crippen LogP contribution in [-0.2, 0) is 0 Å². The number of hydrogen-bond donors (Lipinski definition) is 1. The number of rotatable bonds is 4. The molecule has 1 N–H and O–H groups in total. The number of Topliss-reactive ketones (excluding diaryl/α,β-unsaturated/α-hetero) is 1. The first-order valence-corrected chi connectivity index (χ1v) is 8.29. The van der Waals surface area contributed by atoms with Gasteiger partial charge in [0.2, 0.25) is 5.82 Å². The summed E-state index contributed by atoms with van der Waals surface area (Å²) in [5.74, 6) is -0.478. The zero-order valence-corrected chi connectivity index (χ0v) is 14.8. The number of alkyl halides is 3. The number of ketones is 1. The molecular formula is C19H12ClF3N2O3. The summed E-state index contributed by atoms with van der Waals surface area (Å²) in [6, 6.07) is 4.28. The van der Waals surface area contributed by atoms with Crippen molar-refractivity contribution in [3.63, 3.8) is 0 Å². The number of aromatic nitrogens is 2. The van der Waals surface area contributed by atoms with E-state index in [0.717, 1.165) is 12.2 Å². The van der Waals surface area contributed by atoms with Crippen LogP contribution in [0.5, 0.6) is 0 Å². The summed E-state index contributed by atoms with van der Waals surface area (Å²) in [6.07, 6.45) is 2.82. The summed E-state index contributed by atoms with van der Waals surface area (Å²) in [5, 5.41) is 13.0. The molecule has 0 saturated heterocycles. The first-order valence-electron chi connectivity index (χ1n) is 7.91. The predicted octanol–water partition coefficient (Wildman–Crippen LogP) is 4.56. The van der Waals surface area contributed by atoms with E-state index in [0.29, 0.717) is 5.57 Å². The number of aliphatic hydroxyl groups excluding tert-OH is 1. The van der Waals surface area contributed by atoms with Crippen molar-refractivity contribution in [3.05, 3.63) is 76.6 Å². The first-order chi connectivity index (χ1) is 13.3. The summed E-state index contributed by atoms with van der Waals surface area (Å²) in [5.41, 5.74) is -0.0627. The standard InChI is InChI=1S/C19H12ClF3N2O3/c20-15-8-6-12(16(27)10-26)9-14(15)18-24-17(25-28-18)11-3-1-2-4-13(7-5-11)19(21,22)23/h1-9,26H,10H2. The smallest absolute Gasteiger partial charge is 0.388 e. The lowest BCUT2D eigenvalue weighted by molar-refractivity contribution is -0.0881. The Bertz CT molecular complexity index is 1030. The predicted molar refractivity (Wildman–Crippen MR) is 96.6 cm³/mol. The van der Waals surface area contributed by atoms with Crippen molar-refractivity contribution in [3.8, 4) is 11.5 Å². The van der Waals surface area contributed by atoms with E-state index in [1.165, 1.54) is 42.5 Å². The third-order valence-electron chi connectivity index (χ3n) is 3.78. The Morgan fingerprint density at radius 2 is 1.93 bits per heavy atom. The maximum Gasteiger partial charge on any atom is 0.416 e. The largest absolute Gasteiger partial charge is 0.416 e. The van der Waals surface area contributed by atoms with Crippen LogP contribution in [-0.4, -0.2) is 33.8 Å². The lowest BCUT2D eigenvalue weighted by Gasteiger charge is -2.07. The molecule has 9 heteroatoms.